The summed E-state index contributed by atoms with van der Waals surface area (Å²) in [5.41, 5.74) is 3.12. The van der Waals surface area contributed by atoms with Gasteiger partial charge in [-0.25, -0.2) is 23.5 Å². The number of carboxylic acids is 1. The van der Waals surface area contributed by atoms with Crippen LogP contribution in [0.5, 0.6) is 6.01 Å². The van der Waals surface area contributed by atoms with Gasteiger partial charge in [0.1, 0.15) is 24.1 Å². The molecule has 1 fully saturated rings. The Labute approximate surface area is 238 Å². The van der Waals surface area contributed by atoms with Gasteiger partial charge in [-0.15, -0.1) is 0 Å². The van der Waals surface area contributed by atoms with Crippen LogP contribution in [0.25, 0.3) is 22.3 Å². The van der Waals surface area contributed by atoms with Gasteiger partial charge in [-0.05, 0) is 54.4 Å². The highest BCUT2D eigenvalue weighted by Crippen LogP contribution is 2.27. The zero-order valence-corrected chi connectivity index (χ0v) is 22.3. The Morgan fingerprint density at radius 3 is 2.59 bits per heavy atom. The first-order valence-electron chi connectivity index (χ1n) is 12.9. The number of carboxylic acid groups (broad SMARTS) is 1. The molecule has 208 valence electrons. The second-order valence-electron chi connectivity index (χ2n) is 9.66. The molecular weight excluding hydrogens is 554 g/mol. The maximum Gasteiger partial charge on any atom is 0.335 e. The fourth-order valence-corrected chi connectivity index (χ4v) is 4.81. The number of aromatic carboxylic acids is 1. The lowest BCUT2D eigenvalue weighted by molar-refractivity contribution is -0.0589. The van der Waals surface area contributed by atoms with Gasteiger partial charge in [-0.1, -0.05) is 29.8 Å². The summed E-state index contributed by atoms with van der Waals surface area (Å²) in [4.78, 5) is 24.6. The summed E-state index contributed by atoms with van der Waals surface area (Å²) < 4.78 is 42.5. The number of rotatable bonds is 9. The number of carbonyl (C=O) groups is 1. The lowest BCUT2D eigenvalue weighted by atomic mass is 10.1. The summed E-state index contributed by atoms with van der Waals surface area (Å²) >= 11 is 5.80. The normalized spacial score (nSPS) is 14.7. The van der Waals surface area contributed by atoms with Gasteiger partial charge in [0.15, 0.2) is 0 Å². The van der Waals surface area contributed by atoms with Gasteiger partial charge in [0, 0.05) is 35.4 Å². The molecule has 1 aliphatic heterocycles. The topological polar surface area (TPSA) is 99.4 Å². The van der Waals surface area contributed by atoms with Crippen LogP contribution >= 0.6 is 11.6 Å². The number of nitrogens with zero attached hydrogens (tertiary/aromatic N) is 4. The lowest BCUT2D eigenvalue weighted by Gasteiger charge is -2.27. The Hall–Kier alpha value is -4.41. The van der Waals surface area contributed by atoms with E-state index < -0.39 is 17.6 Å². The third-order valence-electron chi connectivity index (χ3n) is 6.96. The van der Waals surface area contributed by atoms with E-state index in [1.165, 1.54) is 30.5 Å². The van der Waals surface area contributed by atoms with Crippen molar-refractivity contribution in [1.29, 1.82) is 0 Å². The van der Waals surface area contributed by atoms with E-state index in [2.05, 4.69) is 15.0 Å². The molecule has 1 N–H and O–H groups in total. The summed E-state index contributed by atoms with van der Waals surface area (Å²) in [6.07, 6.45) is 2.57. The molecule has 0 bridgehead atoms. The van der Waals surface area contributed by atoms with Crippen molar-refractivity contribution >= 4 is 28.6 Å². The fraction of sp³-hybridized carbons (Fsp3) is 0.200. The maximum absolute atomic E-state index is 15.4. The van der Waals surface area contributed by atoms with Crippen molar-refractivity contribution in [3.63, 3.8) is 0 Å². The molecule has 41 heavy (non-hydrogen) atoms. The van der Waals surface area contributed by atoms with Crippen molar-refractivity contribution < 1.29 is 28.2 Å². The third kappa shape index (κ3) is 5.75. The zero-order chi connectivity index (χ0) is 28.5. The van der Waals surface area contributed by atoms with Crippen LogP contribution in [0.15, 0.2) is 66.9 Å². The number of benzene rings is 3. The van der Waals surface area contributed by atoms with Crippen LogP contribution in [0.1, 0.15) is 33.7 Å². The Bertz CT molecular complexity index is 1770. The van der Waals surface area contributed by atoms with E-state index >= 15 is 4.39 Å². The van der Waals surface area contributed by atoms with Crippen LogP contribution in [-0.4, -0.2) is 43.3 Å². The second kappa shape index (κ2) is 11.2. The summed E-state index contributed by atoms with van der Waals surface area (Å²) in [5, 5.41) is 9.74. The number of hydrogen-bond donors (Lipinski definition) is 1. The minimum atomic E-state index is -1.03. The Balaban J connectivity index is 1.24. The molecule has 3 aromatic carbocycles. The molecule has 0 spiro atoms. The molecule has 0 aliphatic carbocycles. The largest absolute Gasteiger partial charge is 0.478 e. The summed E-state index contributed by atoms with van der Waals surface area (Å²) in [7, 11) is 0. The van der Waals surface area contributed by atoms with Crippen molar-refractivity contribution in [3.05, 3.63) is 106 Å². The molecular formula is C30H23ClF2N4O4. The first kappa shape index (κ1) is 26.8. The average molecular weight is 577 g/mol. The van der Waals surface area contributed by atoms with Crippen LogP contribution in [0.4, 0.5) is 8.78 Å². The van der Waals surface area contributed by atoms with E-state index in [0.29, 0.717) is 52.4 Å². The van der Waals surface area contributed by atoms with E-state index in [1.54, 1.807) is 36.4 Å². The van der Waals surface area contributed by atoms with Crippen molar-refractivity contribution in [3.8, 4) is 17.3 Å². The van der Waals surface area contributed by atoms with Gasteiger partial charge in [-0.3, -0.25) is 0 Å². The van der Waals surface area contributed by atoms with E-state index in [-0.39, 0.29) is 35.7 Å². The highest BCUT2D eigenvalue weighted by atomic mass is 35.5. The van der Waals surface area contributed by atoms with Crippen LogP contribution in [0.2, 0.25) is 5.02 Å². The highest BCUT2D eigenvalue weighted by molar-refractivity contribution is 6.30. The first-order valence-corrected chi connectivity index (χ1v) is 13.2. The molecule has 0 radical (unpaired) electrons. The number of halogens is 3. The molecule has 11 heteroatoms. The van der Waals surface area contributed by atoms with Crippen LogP contribution in [0, 0.1) is 11.6 Å². The second-order valence-corrected chi connectivity index (χ2v) is 10.1. The van der Waals surface area contributed by atoms with E-state index in [4.69, 9.17) is 21.1 Å². The van der Waals surface area contributed by atoms with Crippen LogP contribution in [-0.2, 0) is 24.3 Å². The Morgan fingerprint density at radius 1 is 1.05 bits per heavy atom. The van der Waals surface area contributed by atoms with Crippen molar-refractivity contribution in [2.45, 2.75) is 32.1 Å². The summed E-state index contributed by atoms with van der Waals surface area (Å²) in [6, 6.07) is 15.5. The molecule has 8 nitrogen and oxygen atoms in total. The van der Waals surface area contributed by atoms with Gasteiger partial charge in [0.25, 0.3) is 0 Å². The van der Waals surface area contributed by atoms with Gasteiger partial charge in [-0.2, -0.15) is 4.98 Å². The minimum absolute atomic E-state index is 0.00257. The van der Waals surface area contributed by atoms with E-state index in [0.717, 1.165) is 6.42 Å². The lowest BCUT2D eigenvalue weighted by Crippen LogP contribution is -2.31. The quantitative estimate of drug-likeness (QED) is 0.227. The van der Waals surface area contributed by atoms with Crippen LogP contribution < -0.4 is 4.74 Å². The Kier molecular flexibility index (Phi) is 7.34. The molecule has 1 aliphatic rings. The SMILES string of the molecule is O=C(O)c1ccc2nc(Cc3ccc(-c4ccnc(OCc5ccc(Cl)cc5F)n4)cc3F)n(C[C@@H]3CCO3)c2c1. The number of fused-ring (bicyclic) bond motifs is 1. The van der Waals surface area contributed by atoms with Crippen molar-refractivity contribution in [2.24, 2.45) is 0 Å². The number of ether oxygens (including phenoxy) is 2. The number of imidazole rings is 1. The van der Waals surface area contributed by atoms with Gasteiger partial charge in [0.2, 0.25) is 0 Å². The summed E-state index contributed by atoms with van der Waals surface area (Å²) in [5.74, 6) is -1.37. The molecule has 6 rings (SSSR count). The molecule has 1 saturated heterocycles. The molecule has 0 saturated carbocycles. The molecule has 0 amide bonds. The fourth-order valence-electron chi connectivity index (χ4n) is 4.65. The van der Waals surface area contributed by atoms with Gasteiger partial charge in [0.05, 0.1) is 34.9 Å². The molecule has 2 aromatic heterocycles. The smallest absolute Gasteiger partial charge is 0.335 e. The molecule has 3 heterocycles. The first-order chi connectivity index (χ1) is 19.8. The Morgan fingerprint density at radius 2 is 1.85 bits per heavy atom. The third-order valence-corrected chi connectivity index (χ3v) is 7.19. The predicted molar refractivity (Wildman–Crippen MR) is 147 cm³/mol. The van der Waals surface area contributed by atoms with Crippen molar-refractivity contribution in [2.75, 3.05) is 6.61 Å². The monoisotopic (exact) mass is 576 g/mol. The zero-order valence-electron chi connectivity index (χ0n) is 21.6. The van der Waals surface area contributed by atoms with Crippen molar-refractivity contribution in [1.82, 2.24) is 19.5 Å². The summed E-state index contributed by atoms with van der Waals surface area (Å²) in [6.45, 7) is 1.08. The maximum atomic E-state index is 15.4. The number of hydrogen-bond acceptors (Lipinski definition) is 6. The van der Waals surface area contributed by atoms with E-state index in [9.17, 15) is 14.3 Å². The highest BCUT2D eigenvalue weighted by Gasteiger charge is 2.23. The minimum Gasteiger partial charge on any atom is -0.478 e. The molecule has 0 unspecified atom stereocenters. The standard InChI is InChI=1S/C30H23ClF2N4O4/c31-21-5-3-20(24(33)14-21)16-41-30-34-9-7-25(36-30)18-2-1-17(23(32)11-18)13-28-35-26-6-4-19(29(38)39)12-27(26)37(28)15-22-8-10-40-22/h1-7,9,11-12,14,22H,8,10,13,15-16H2,(H,38,39)/t22-/m0/s1. The molecule has 5 aromatic rings. The average Bonchev–Trinajstić information content (AvgIpc) is 3.27. The molecule has 1 atom stereocenters. The van der Waals surface area contributed by atoms with E-state index in [1.807, 2.05) is 4.57 Å². The predicted octanol–water partition coefficient (Wildman–Crippen LogP) is 6.08. The van der Waals surface area contributed by atoms with Crippen LogP contribution in [0.3, 0.4) is 0 Å². The van der Waals surface area contributed by atoms with Gasteiger partial charge >= 0.3 is 12.0 Å². The number of aromatic nitrogens is 4. The van der Waals surface area contributed by atoms with Gasteiger partial charge < -0.3 is 19.1 Å².